The summed E-state index contributed by atoms with van der Waals surface area (Å²) in [6.07, 6.45) is 2.65. The largest absolute Gasteiger partial charge is 0.355 e. The van der Waals surface area contributed by atoms with E-state index in [1.807, 2.05) is 25.1 Å². The van der Waals surface area contributed by atoms with Crippen LogP contribution in [0.1, 0.15) is 29.6 Å². The molecule has 0 bridgehead atoms. The van der Waals surface area contributed by atoms with Crippen LogP contribution in [0.5, 0.6) is 0 Å². The van der Waals surface area contributed by atoms with E-state index in [2.05, 4.69) is 27.5 Å². The number of carbonyl (C=O) groups is 1. The Balaban J connectivity index is 1.40. The molecule has 0 aliphatic carbocycles. The third kappa shape index (κ3) is 5.64. The number of carbonyl (C=O) groups excluding carboxylic acids is 1. The van der Waals surface area contributed by atoms with Gasteiger partial charge in [0, 0.05) is 18.4 Å². The molecular weight excluding hydrogens is 380 g/mol. The molecule has 0 saturated heterocycles. The number of aryl methyl sites for hydroxylation is 2. The molecule has 27 heavy (non-hydrogen) atoms. The summed E-state index contributed by atoms with van der Waals surface area (Å²) in [5, 5.41) is 8.06. The number of hydrogen-bond donors (Lipinski definition) is 1. The van der Waals surface area contributed by atoms with Crippen molar-refractivity contribution in [3.05, 3.63) is 63.0 Å². The molecule has 2 aromatic heterocycles. The third-order valence-corrected chi connectivity index (χ3v) is 5.95. The molecule has 0 spiro atoms. The summed E-state index contributed by atoms with van der Waals surface area (Å²) in [4.78, 5) is 29.1. The first kappa shape index (κ1) is 19.6. The number of benzene rings is 1. The van der Waals surface area contributed by atoms with Crippen LogP contribution in [0.25, 0.3) is 4.96 Å². The molecular formula is C19H22N4O2S2. The van der Waals surface area contributed by atoms with E-state index >= 15 is 0 Å². The quantitative estimate of drug-likeness (QED) is 0.557. The van der Waals surface area contributed by atoms with Crippen molar-refractivity contribution in [1.82, 2.24) is 19.9 Å². The van der Waals surface area contributed by atoms with Gasteiger partial charge in [-0.05, 0) is 24.8 Å². The zero-order valence-corrected chi connectivity index (χ0v) is 16.8. The molecule has 0 atom stereocenters. The Kier molecular flexibility index (Phi) is 7.00. The minimum atomic E-state index is -0.170. The number of thioether (sulfide) groups is 1. The molecule has 8 heteroatoms. The maximum Gasteiger partial charge on any atom is 0.275 e. The Morgan fingerprint density at radius 1 is 1.30 bits per heavy atom. The van der Waals surface area contributed by atoms with Crippen molar-refractivity contribution < 1.29 is 4.79 Å². The molecule has 3 rings (SSSR count). The molecule has 1 amide bonds. The lowest BCUT2D eigenvalue weighted by Gasteiger charge is -2.05. The standard InChI is InChI=1S/C19H22N4O2S2/c1-2-17-22-23-18(25)11-15(21-19(23)27-17)12-26-13-16(24)20-10-6-9-14-7-4-3-5-8-14/h3-5,7-8,11H,2,6,9-10,12-13H2,1H3,(H,20,24). The number of aromatic nitrogens is 3. The van der Waals surface area contributed by atoms with Crippen molar-refractivity contribution in [1.29, 1.82) is 0 Å². The van der Waals surface area contributed by atoms with Crippen LogP contribution >= 0.6 is 23.1 Å². The minimum absolute atomic E-state index is 0.0110. The second-order valence-electron chi connectivity index (χ2n) is 6.06. The summed E-state index contributed by atoms with van der Waals surface area (Å²) in [5.74, 6) is 0.898. The number of fused-ring (bicyclic) bond motifs is 1. The molecule has 2 heterocycles. The van der Waals surface area contributed by atoms with Gasteiger partial charge in [-0.15, -0.1) is 11.8 Å². The lowest BCUT2D eigenvalue weighted by Crippen LogP contribution is -2.26. The smallest absolute Gasteiger partial charge is 0.275 e. The highest BCUT2D eigenvalue weighted by Gasteiger charge is 2.09. The van der Waals surface area contributed by atoms with Gasteiger partial charge in [0.2, 0.25) is 10.9 Å². The molecule has 6 nitrogen and oxygen atoms in total. The van der Waals surface area contributed by atoms with Gasteiger partial charge in [0.25, 0.3) is 5.56 Å². The summed E-state index contributed by atoms with van der Waals surface area (Å²) in [6, 6.07) is 11.7. The fraction of sp³-hybridized carbons (Fsp3) is 0.368. The third-order valence-electron chi connectivity index (χ3n) is 3.93. The number of amides is 1. The fourth-order valence-electron chi connectivity index (χ4n) is 2.58. The summed E-state index contributed by atoms with van der Waals surface area (Å²) in [5.41, 5.74) is 1.80. The average molecular weight is 403 g/mol. The Bertz CT molecular complexity index is 953. The molecule has 0 aliphatic heterocycles. The van der Waals surface area contributed by atoms with Crippen LogP contribution in [0.4, 0.5) is 0 Å². The van der Waals surface area contributed by atoms with Crippen molar-refractivity contribution >= 4 is 34.0 Å². The predicted molar refractivity (Wildman–Crippen MR) is 110 cm³/mol. The van der Waals surface area contributed by atoms with Gasteiger partial charge in [-0.2, -0.15) is 9.61 Å². The van der Waals surface area contributed by atoms with Gasteiger partial charge in [-0.1, -0.05) is 48.6 Å². The van der Waals surface area contributed by atoms with E-state index in [9.17, 15) is 9.59 Å². The number of nitrogens with one attached hydrogen (secondary N) is 1. The topological polar surface area (TPSA) is 76.4 Å². The zero-order chi connectivity index (χ0) is 19.1. The van der Waals surface area contributed by atoms with E-state index < -0.39 is 0 Å². The van der Waals surface area contributed by atoms with Crippen LogP contribution < -0.4 is 10.9 Å². The maximum atomic E-state index is 12.1. The van der Waals surface area contributed by atoms with Gasteiger partial charge in [0.1, 0.15) is 5.01 Å². The summed E-state index contributed by atoms with van der Waals surface area (Å²) < 4.78 is 1.34. The molecule has 0 aliphatic rings. The minimum Gasteiger partial charge on any atom is -0.355 e. The van der Waals surface area contributed by atoms with Crippen LogP contribution in [0, 0.1) is 0 Å². The average Bonchev–Trinajstić information content (AvgIpc) is 3.10. The second kappa shape index (κ2) is 9.66. The number of nitrogens with zero attached hydrogens (tertiary/aromatic N) is 3. The monoisotopic (exact) mass is 402 g/mol. The number of hydrogen-bond acceptors (Lipinski definition) is 6. The fourth-order valence-corrected chi connectivity index (χ4v) is 4.18. The van der Waals surface area contributed by atoms with Crippen molar-refractivity contribution in [2.75, 3.05) is 12.3 Å². The van der Waals surface area contributed by atoms with E-state index in [4.69, 9.17) is 0 Å². The van der Waals surface area contributed by atoms with Crippen LogP contribution in [-0.4, -0.2) is 32.8 Å². The van der Waals surface area contributed by atoms with Gasteiger partial charge in [0.05, 0.1) is 11.4 Å². The maximum absolute atomic E-state index is 12.1. The predicted octanol–water partition coefficient (Wildman–Crippen LogP) is 2.70. The second-order valence-corrected chi connectivity index (χ2v) is 8.09. The molecule has 0 fully saturated rings. The first-order chi connectivity index (χ1) is 13.2. The number of rotatable bonds is 9. The summed E-state index contributed by atoms with van der Waals surface area (Å²) in [6.45, 7) is 2.67. The van der Waals surface area contributed by atoms with E-state index in [1.165, 1.54) is 39.2 Å². The van der Waals surface area contributed by atoms with Crippen LogP contribution in [0.15, 0.2) is 41.2 Å². The Labute approximate surface area is 166 Å². The first-order valence-electron chi connectivity index (χ1n) is 8.92. The lowest BCUT2D eigenvalue weighted by atomic mass is 10.1. The van der Waals surface area contributed by atoms with Crippen LogP contribution in [-0.2, 0) is 23.4 Å². The molecule has 1 N–H and O–H groups in total. The molecule has 0 unspecified atom stereocenters. The van der Waals surface area contributed by atoms with Crippen molar-refractivity contribution in [2.24, 2.45) is 0 Å². The van der Waals surface area contributed by atoms with E-state index in [-0.39, 0.29) is 11.5 Å². The van der Waals surface area contributed by atoms with E-state index in [1.54, 1.807) is 0 Å². The highest BCUT2D eigenvalue weighted by molar-refractivity contribution is 7.99. The molecule has 0 radical (unpaired) electrons. The van der Waals surface area contributed by atoms with Gasteiger partial charge < -0.3 is 5.32 Å². The summed E-state index contributed by atoms with van der Waals surface area (Å²) in [7, 11) is 0. The van der Waals surface area contributed by atoms with Gasteiger partial charge in [-0.25, -0.2) is 4.98 Å². The van der Waals surface area contributed by atoms with Gasteiger partial charge in [0.15, 0.2) is 0 Å². The molecule has 3 aromatic rings. The van der Waals surface area contributed by atoms with E-state index in [0.29, 0.717) is 28.7 Å². The first-order valence-corrected chi connectivity index (χ1v) is 10.9. The molecule has 142 valence electrons. The van der Waals surface area contributed by atoms with Gasteiger partial charge >= 0.3 is 0 Å². The normalized spacial score (nSPS) is 11.0. The highest BCUT2D eigenvalue weighted by atomic mass is 32.2. The Hall–Kier alpha value is -2.19. The zero-order valence-electron chi connectivity index (χ0n) is 15.2. The molecule has 1 aromatic carbocycles. The van der Waals surface area contributed by atoms with E-state index in [0.717, 1.165) is 24.3 Å². The Morgan fingerprint density at radius 3 is 2.89 bits per heavy atom. The van der Waals surface area contributed by atoms with Crippen molar-refractivity contribution in [3.63, 3.8) is 0 Å². The van der Waals surface area contributed by atoms with Crippen molar-refractivity contribution in [3.8, 4) is 0 Å². The molecule has 0 saturated carbocycles. The lowest BCUT2D eigenvalue weighted by molar-refractivity contribution is -0.118. The SMILES string of the molecule is CCc1nn2c(=O)cc(CSCC(=O)NCCCc3ccccc3)nc2s1. The van der Waals surface area contributed by atoms with Crippen LogP contribution in [0.2, 0.25) is 0 Å². The highest BCUT2D eigenvalue weighted by Crippen LogP contribution is 2.14. The van der Waals surface area contributed by atoms with Crippen LogP contribution in [0.3, 0.4) is 0 Å². The summed E-state index contributed by atoms with van der Waals surface area (Å²) >= 11 is 2.89. The Morgan fingerprint density at radius 2 is 2.11 bits per heavy atom. The van der Waals surface area contributed by atoms with Gasteiger partial charge in [-0.3, -0.25) is 9.59 Å². The van der Waals surface area contributed by atoms with Crippen molar-refractivity contribution in [2.45, 2.75) is 31.9 Å².